The van der Waals surface area contributed by atoms with Gasteiger partial charge in [-0.2, -0.15) is 0 Å². The fraction of sp³-hybridized carbons (Fsp3) is 0.533. The molecule has 0 aromatic heterocycles. The predicted molar refractivity (Wildman–Crippen MR) is 86.2 cm³/mol. The van der Waals surface area contributed by atoms with Crippen molar-refractivity contribution in [1.82, 2.24) is 9.80 Å². The summed E-state index contributed by atoms with van der Waals surface area (Å²) in [5.41, 5.74) is 7.11. The largest absolute Gasteiger partial charge is 0.497 e. The Hall–Kier alpha value is -1.17. The van der Waals surface area contributed by atoms with Crippen molar-refractivity contribution in [2.45, 2.75) is 13.0 Å². The monoisotopic (exact) mass is 293 g/mol. The first-order valence-corrected chi connectivity index (χ1v) is 7.46. The zero-order valence-electron chi connectivity index (χ0n) is 12.2. The van der Waals surface area contributed by atoms with Crippen LogP contribution < -0.4 is 10.5 Å². The average Bonchev–Trinajstić information content (AvgIpc) is 2.48. The first-order valence-electron chi connectivity index (χ1n) is 7.05. The van der Waals surface area contributed by atoms with Crippen molar-refractivity contribution < 1.29 is 4.74 Å². The highest BCUT2D eigenvalue weighted by molar-refractivity contribution is 7.80. The number of ether oxygens (including phenoxy) is 1. The Bertz CT molecular complexity index is 458. The van der Waals surface area contributed by atoms with Crippen molar-refractivity contribution >= 4 is 17.2 Å². The van der Waals surface area contributed by atoms with Crippen LogP contribution in [-0.2, 0) is 0 Å². The molecule has 0 spiro atoms. The summed E-state index contributed by atoms with van der Waals surface area (Å²) in [4.78, 5) is 5.34. The van der Waals surface area contributed by atoms with Crippen LogP contribution >= 0.6 is 12.2 Å². The van der Waals surface area contributed by atoms with Crippen LogP contribution in [0.5, 0.6) is 5.75 Å². The van der Waals surface area contributed by atoms with E-state index in [0.29, 0.717) is 4.99 Å². The summed E-state index contributed by atoms with van der Waals surface area (Å²) in [6.07, 6.45) is 0. The van der Waals surface area contributed by atoms with E-state index in [1.807, 2.05) is 18.2 Å². The first-order chi connectivity index (χ1) is 9.65. The summed E-state index contributed by atoms with van der Waals surface area (Å²) in [5, 5.41) is 0. The van der Waals surface area contributed by atoms with Gasteiger partial charge in [0.2, 0.25) is 0 Å². The fourth-order valence-electron chi connectivity index (χ4n) is 2.70. The topological polar surface area (TPSA) is 41.7 Å². The van der Waals surface area contributed by atoms with E-state index in [0.717, 1.165) is 44.0 Å². The third-order valence-corrected chi connectivity index (χ3v) is 4.12. The smallest absolute Gasteiger partial charge is 0.119 e. The maximum Gasteiger partial charge on any atom is 0.119 e. The molecule has 4 nitrogen and oxygen atoms in total. The van der Waals surface area contributed by atoms with E-state index >= 15 is 0 Å². The lowest BCUT2D eigenvalue weighted by Gasteiger charge is -2.38. The number of likely N-dealkylation sites (N-methyl/N-ethyl adjacent to an activating group) is 1. The van der Waals surface area contributed by atoms with E-state index < -0.39 is 0 Å². The summed E-state index contributed by atoms with van der Waals surface area (Å²) in [6, 6.07) is 8.02. The van der Waals surface area contributed by atoms with E-state index in [4.69, 9.17) is 22.7 Å². The molecule has 20 heavy (non-hydrogen) atoms. The van der Waals surface area contributed by atoms with Gasteiger partial charge in [0.05, 0.1) is 18.1 Å². The zero-order chi connectivity index (χ0) is 14.5. The quantitative estimate of drug-likeness (QED) is 0.836. The molecule has 0 saturated carbocycles. The summed E-state index contributed by atoms with van der Waals surface area (Å²) >= 11 is 5.30. The standard InChI is InChI=1S/C15H23N3OS/c1-3-17-7-9-18(10-8-17)14(15(16)20)12-5-4-6-13(11-12)19-2/h4-6,11,14H,3,7-10H2,1-2H3,(H2,16,20). The summed E-state index contributed by atoms with van der Waals surface area (Å²) < 4.78 is 5.30. The van der Waals surface area contributed by atoms with Crippen molar-refractivity contribution in [3.05, 3.63) is 29.8 Å². The van der Waals surface area contributed by atoms with Crippen LogP contribution in [0.4, 0.5) is 0 Å². The molecule has 0 aliphatic carbocycles. The van der Waals surface area contributed by atoms with E-state index in [2.05, 4.69) is 22.8 Å². The van der Waals surface area contributed by atoms with E-state index in [1.54, 1.807) is 7.11 Å². The molecule has 1 aromatic rings. The molecule has 2 N–H and O–H groups in total. The Morgan fingerprint density at radius 2 is 2.05 bits per heavy atom. The van der Waals surface area contributed by atoms with Gasteiger partial charge in [-0.05, 0) is 24.2 Å². The van der Waals surface area contributed by atoms with Gasteiger partial charge in [0.15, 0.2) is 0 Å². The fourth-order valence-corrected chi connectivity index (χ4v) is 2.99. The second-order valence-corrected chi connectivity index (χ2v) is 5.52. The SMILES string of the molecule is CCN1CCN(C(C(N)=S)c2cccc(OC)c2)CC1. The molecule has 1 saturated heterocycles. The van der Waals surface area contributed by atoms with Crippen molar-refractivity contribution in [2.24, 2.45) is 5.73 Å². The lowest BCUT2D eigenvalue weighted by Crippen LogP contribution is -2.49. The molecule has 1 atom stereocenters. The molecule has 0 radical (unpaired) electrons. The molecule has 2 rings (SSSR count). The third kappa shape index (κ3) is 3.48. The van der Waals surface area contributed by atoms with E-state index in [9.17, 15) is 0 Å². The number of hydrogen-bond donors (Lipinski definition) is 1. The molecule has 1 aliphatic rings. The van der Waals surface area contributed by atoms with Gasteiger partial charge in [-0.15, -0.1) is 0 Å². The Kier molecular flexibility index (Phi) is 5.34. The van der Waals surface area contributed by atoms with Crippen molar-refractivity contribution in [2.75, 3.05) is 39.8 Å². The zero-order valence-corrected chi connectivity index (χ0v) is 13.0. The van der Waals surface area contributed by atoms with Gasteiger partial charge >= 0.3 is 0 Å². The van der Waals surface area contributed by atoms with Gasteiger partial charge in [-0.1, -0.05) is 31.3 Å². The molecule has 1 heterocycles. The van der Waals surface area contributed by atoms with Crippen LogP contribution in [0.15, 0.2) is 24.3 Å². The number of benzene rings is 1. The van der Waals surface area contributed by atoms with E-state index in [-0.39, 0.29) is 6.04 Å². The minimum absolute atomic E-state index is 0.000828. The summed E-state index contributed by atoms with van der Waals surface area (Å²) in [7, 11) is 1.68. The number of rotatable bonds is 5. The molecule has 1 aliphatic heterocycles. The molecule has 1 unspecified atom stereocenters. The average molecular weight is 293 g/mol. The van der Waals surface area contributed by atoms with Gasteiger partial charge in [0.1, 0.15) is 5.75 Å². The number of piperazine rings is 1. The minimum atomic E-state index is -0.000828. The summed E-state index contributed by atoms with van der Waals surface area (Å²) in [5.74, 6) is 0.843. The Balaban J connectivity index is 2.17. The lowest BCUT2D eigenvalue weighted by atomic mass is 10.0. The Morgan fingerprint density at radius 3 is 2.60 bits per heavy atom. The summed E-state index contributed by atoms with van der Waals surface area (Å²) in [6.45, 7) is 7.42. The van der Waals surface area contributed by atoms with E-state index in [1.165, 1.54) is 0 Å². The lowest BCUT2D eigenvalue weighted by molar-refractivity contribution is 0.122. The van der Waals surface area contributed by atoms with Crippen LogP contribution in [0.25, 0.3) is 0 Å². The molecule has 0 bridgehead atoms. The van der Waals surface area contributed by atoms with Gasteiger partial charge in [0.25, 0.3) is 0 Å². The van der Waals surface area contributed by atoms with Crippen LogP contribution in [-0.4, -0.2) is 54.6 Å². The number of nitrogens with zero attached hydrogens (tertiary/aromatic N) is 2. The van der Waals surface area contributed by atoms with Crippen LogP contribution in [0.1, 0.15) is 18.5 Å². The normalized spacial score (nSPS) is 18.7. The van der Waals surface area contributed by atoms with Crippen molar-refractivity contribution in [1.29, 1.82) is 0 Å². The predicted octanol–water partition coefficient (Wildman–Crippen LogP) is 1.66. The number of methoxy groups -OCH3 is 1. The Morgan fingerprint density at radius 1 is 1.35 bits per heavy atom. The molecule has 0 amide bonds. The number of nitrogens with two attached hydrogens (primary N) is 1. The molecule has 1 aromatic carbocycles. The highest BCUT2D eigenvalue weighted by Crippen LogP contribution is 2.25. The van der Waals surface area contributed by atoms with Crippen molar-refractivity contribution in [3.8, 4) is 5.75 Å². The molecular weight excluding hydrogens is 270 g/mol. The highest BCUT2D eigenvalue weighted by atomic mass is 32.1. The molecule has 5 heteroatoms. The number of thiocarbonyl (C=S) groups is 1. The molecular formula is C15H23N3OS. The van der Waals surface area contributed by atoms with Gasteiger partial charge < -0.3 is 15.4 Å². The van der Waals surface area contributed by atoms with Crippen LogP contribution in [0.3, 0.4) is 0 Å². The van der Waals surface area contributed by atoms with Crippen molar-refractivity contribution in [3.63, 3.8) is 0 Å². The van der Waals surface area contributed by atoms with Gasteiger partial charge in [0, 0.05) is 26.2 Å². The molecule has 110 valence electrons. The maximum absolute atomic E-state index is 5.99. The van der Waals surface area contributed by atoms with Crippen LogP contribution in [0.2, 0.25) is 0 Å². The van der Waals surface area contributed by atoms with Gasteiger partial charge in [-0.3, -0.25) is 4.90 Å². The minimum Gasteiger partial charge on any atom is -0.497 e. The maximum atomic E-state index is 5.99. The Labute approximate surface area is 126 Å². The number of hydrogen-bond acceptors (Lipinski definition) is 4. The van der Waals surface area contributed by atoms with Crippen LogP contribution in [0, 0.1) is 0 Å². The second kappa shape index (κ2) is 7.02. The second-order valence-electron chi connectivity index (χ2n) is 5.05. The van der Waals surface area contributed by atoms with Gasteiger partial charge in [-0.25, -0.2) is 0 Å². The first kappa shape index (κ1) is 15.2. The molecule has 1 fully saturated rings. The highest BCUT2D eigenvalue weighted by Gasteiger charge is 2.26. The third-order valence-electron chi connectivity index (χ3n) is 3.90.